The summed E-state index contributed by atoms with van der Waals surface area (Å²) in [5, 5.41) is 2.99. The van der Waals surface area contributed by atoms with E-state index in [1.807, 2.05) is 13.8 Å². The Morgan fingerprint density at radius 1 is 1.12 bits per heavy atom. The van der Waals surface area contributed by atoms with E-state index < -0.39 is 10.0 Å². The lowest BCUT2D eigenvalue weighted by atomic mass is 10.2. The normalized spacial score (nSPS) is 33.8. The lowest BCUT2D eigenvalue weighted by Gasteiger charge is -2.37. The Morgan fingerprint density at radius 2 is 1.65 bits per heavy atom. The minimum atomic E-state index is -3.14. The first kappa shape index (κ1) is 13.3. The van der Waals surface area contributed by atoms with Gasteiger partial charge < -0.3 is 10.1 Å². The molecule has 2 atom stereocenters. The quantitative estimate of drug-likeness (QED) is 0.771. The maximum absolute atomic E-state index is 12.5. The van der Waals surface area contributed by atoms with Crippen LogP contribution in [0.4, 0.5) is 0 Å². The molecule has 6 heteroatoms. The Hall–Kier alpha value is -0.170. The van der Waals surface area contributed by atoms with E-state index in [4.69, 9.17) is 4.74 Å². The highest BCUT2D eigenvalue weighted by Crippen LogP contribution is 2.22. The highest BCUT2D eigenvalue weighted by Gasteiger charge is 2.36. The van der Waals surface area contributed by atoms with Crippen LogP contribution in [0.3, 0.4) is 0 Å². The first-order valence-electron chi connectivity index (χ1n) is 6.35. The van der Waals surface area contributed by atoms with E-state index in [2.05, 4.69) is 5.32 Å². The number of nitrogens with zero attached hydrogens (tertiary/aromatic N) is 1. The molecule has 100 valence electrons. The second kappa shape index (κ2) is 5.22. The Balaban J connectivity index is 2.08. The van der Waals surface area contributed by atoms with E-state index in [0.29, 0.717) is 13.1 Å². The lowest BCUT2D eigenvalue weighted by molar-refractivity contribution is -0.0443. The molecule has 0 spiro atoms. The Bertz CT molecular complexity index is 342. The Morgan fingerprint density at radius 3 is 2.18 bits per heavy atom. The summed E-state index contributed by atoms with van der Waals surface area (Å²) in [4.78, 5) is 0. The molecule has 0 radical (unpaired) electrons. The Labute approximate surface area is 104 Å². The van der Waals surface area contributed by atoms with Gasteiger partial charge in [-0.25, -0.2) is 8.42 Å². The lowest BCUT2D eigenvalue weighted by Crippen LogP contribution is -2.52. The van der Waals surface area contributed by atoms with Crippen molar-refractivity contribution in [2.75, 3.05) is 26.2 Å². The van der Waals surface area contributed by atoms with Gasteiger partial charge in [0.2, 0.25) is 10.0 Å². The van der Waals surface area contributed by atoms with Crippen molar-refractivity contribution in [3.05, 3.63) is 0 Å². The molecule has 0 saturated carbocycles. The van der Waals surface area contributed by atoms with Crippen LogP contribution < -0.4 is 5.32 Å². The number of sulfonamides is 1. The topological polar surface area (TPSA) is 58.6 Å². The standard InChI is InChI=1S/C11H22N2O3S/c1-9-7-13(8-10(2)16-9)17(14,15)11-3-5-12-6-4-11/h9-12H,3-8H2,1-2H3/t9-,10+. The molecular weight excluding hydrogens is 240 g/mol. The largest absolute Gasteiger partial charge is 0.373 e. The third kappa shape index (κ3) is 2.99. The third-order valence-corrected chi connectivity index (χ3v) is 5.79. The molecule has 2 heterocycles. The molecule has 0 unspecified atom stereocenters. The maximum atomic E-state index is 12.5. The minimum Gasteiger partial charge on any atom is -0.373 e. The highest BCUT2D eigenvalue weighted by atomic mass is 32.2. The van der Waals surface area contributed by atoms with Crippen LogP contribution in [0.15, 0.2) is 0 Å². The maximum Gasteiger partial charge on any atom is 0.217 e. The predicted molar refractivity (Wildman–Crippen MR) is 66.4 cm³/mol. The zero-order chi connectivity index (χ0) is 12.5. The van der Waals surface area contributed by atoms with Crippen molar-refractivity contribution in [3.8, 4) is 0 Å². The van der Waals surface area contributed by atoms with Gasteiger partial charge >= 0.3 is 0 Å². The second-order valence-corrected chi connectivity index (χ2v) is 7.28. The van der Waals surface area contributed by atoms with Crippen molar-refractivity contribution in [2.24, 2.45) is 0 Å². The third-order valence-electron chi connectivity index (χ3n) is 3.45. The van der Waals surface area contributed by atoms with Crippen LogP contribution >= 0.6 is 0 Å². The van der Waals surface area contributed by atoms with E-state index >= 15 is 0 Å². The van der Waals surface area contributed by atoms with E-state index in [0.717, 1.165) is 25.9 Å². The molecule has 2 aliphatic heterocycles. The number of hydrogen-bond donors (Lipinski definition) is 1. The monoisotopic (exact) mass is 262 g/mol. The second-order valence-electron chi connectivity index (χ2n) is 5.07. The van der Waals surface area contributed by atoms with Gasteiger partial charge in [-0.05, 0) is 39.8 Å². The van der Waals surface area contributed by atoms with Crippen LogP contribution in [-0.4, -0.2) is 56.4 Å². The molecule has 17 heavy (non-hydrogen) atoms. The molecule has 5 nitrogen and oxygen atoms in total. The van der Waals surface area contributed by atoms with Crippen molar-refractivity contribution < 1.29 is 13.2 Å². The van der Waals surface area contributed by atoms with Crippen LogP contribution in [0.2, 0.25) is 0 Å². The van der Waals surface area contributed by atoms with E-state index in [1.54, 1.807) is 4.31 Å². The van der Waals surface area contributed by atoms with Crippen LogP contribution in [-0.2, 0) is 14.8 Å². The summed E-state index contributed by atoms with van der Waals surface area (Å²) in [7, 11) is -3.14. The molecule has 1 N–H and O–H groups in total. The van der Waals surface area contributed by atoms with Crippen LogP contribution in [0.25, 0.3) is 0 Å². The van der Waals surface area contributed by atoms with Gasteiger partial charge in [0.05, 0.1) is 17.5 Å². The van der Waals surface area contributed by atoms with Gasteiger partial charge in [0.15, 0.2) is 0 Å². The zero-order valence-electron chi connectivity index (χ0n) is 10.6. The first-order chi connectivity index (χ1) is 8.00. The van der Waals surface area contributed by atoms with Crippen LogP contribution in [0.1, 0.15) is 26.7 Å². The molecule has 0 amide bonds. The summed E-state index contributed by atoms with van der Waals surface area (Å²) >= 11 is 0. The average Bonchev–Trinajstić information content (AvgIpc) is 2.29. The fourth-order valence-electron chi connectivity index (χ4n) is 2.64. The molecule has 0 aliphatic carbocycles. The molecule has 0 bridgehead atoms. The summed E-state index contributed by atoms with van der Waals surface area (Å²) in [5.41, 5.74) is 0. The number of rotatable bonds is 2. The summed E-state index contributed by atoms with van der Waals surface area (Å²) in [6.07, 6.45) is 1.44. The average molecular weight is 262 g/mol. The van der Waals surface area contributed by atoms with E-state index in [-0.39, 0.29) is 17.5 Å². The van der Waals surface area contributed by atoms with Crippen molar-refractivity contribution in [1.29, 1.82) is 0 Å². The SMILES string of the molecule is C[C@@H]1CN(S(=O)(=O)C2CCNCC2)C[C@H](C)O1. The van der Waals surface area contributed by atoms with Crippen molar-refractivity contribution in [2.45, 2.75) is 44.1 Å². The molecular formula is C11H22N2O3S. The number of hydrogen-bond acceptors (Lipinski definition) is 4. The molecule has 0 aromatic carbocycles. The van der Waals surface area contributed by atoms with Crippen LogP contribution in [0.5, 0.6) is 0 Å². The van der Waals surface area contributed by atoms with Crippen molar-refractivity contribution >= 4 is 10.0 Å². The van der Waals surface area contributed by atoms with Crippen molar-refractivity contribution in [1.82, 2.24) is 9.62 Å². The molecule has 2 saturated heterocycles. The van der Waals surface area contributed by atoms with Gasteiger partial charge in [-0.1, -0.05) is 0 Å². The van der Waals surface area contributed by atoms with Gasteiger partial charge in [-0.2, -0.15) is 4.31 Å². The van der Waals surface area contributed by atoms with Gasteiger partial charge in [0, 0.05) is 13.1 Å². The Kier molecular flexibility index (Phi) is 4.07. The summed E-state index contributed by atoms with van der Waals surface area (Å²) in [6, 6.07) is 0. The van der Waals surface area contributed by atoms with Crippen LogP contribution in [0, 0.1) is 0 Å². The predicted octanol–water partition coefficient (Wildman–Crippen LogP) is 0.177. The molecule has 0 aromatic rings. The summed E-state index contributed by atoms with van der Waals surface area (Å²) in [6.45, 7) is 6.47. The summed E-state index contributed by atoms with van der Waals surface area (Å²) in [5.74, 6) is 0. The van der Waals surface area contributed by atoms with E-state index in [1.165, 1.54) is 0 Å². The molecule has 2 rings (SSSR count). The highest BCUT2D eigenvalue weighted by molar-refractivity contribution is 7.89. The van der Waals surface area contributed by atoms with Gasteiger partial charge in [0.1, 0.15) is 0 Å². The van der Waals surface area contributed by atoms with Gasteiger partial charge in [0.25, 0.3) is 0 Å². The number of ether oxygens (including phenoxy) is 1. The number of morpholine rings is 1. The number of piperidine rings is 1. The summed E-state index contributed by atoms with van der Waals surface area (Å²) < 4.78 is 32.2. The first-order valence-corrected chi connectivity index (χ1v) is 7.85. The van der Waals surface area contributed by atoms with Gasteiger partial charge in [-0.15, -0.1) is 0 Å². The van der Waals surface area contributed by atoms with Gasteiger partial charge in [-0.3, -0.25) is 0 Å². The number of nitrogens with one attached hydrogen (secondary N) is 1. The zero-order valence-corrected chi connectivity index (χ0v) is 11.4. The molecule has 2 fully saturated rings. The van der Waals surface area contributed by atoms with E-state index in [9.17, 15) is 8.42 Å². The molecule has 0 aromatic heterocycles. The smallest absolute Gasteiger partial charge is 0.217 e. The fraction of sp³-hybridized carbons (Fsp3) is 1.00. The molecule has 2 aliphatic rings. The van der Waals surface area contributed by atoms with Crippen molar-refractivity contribution in [3.63, 3.8) is 0 Å². The fourth-order valence-corrected chi connectivity index (χ4v) is 4.73. The minimum absolute atomic E-state index is 0.00441.